The van der Waals surface area contributed by atoms with Crippen molar-refractivity contribution in [3.63, 3.8) is 0 Å². The molecule has 0 aromatic heterocycles. The lowest BCUT2D eigenvalue weighted by molar-refractivity contribution is 0.120. The zero-order valence-corrected chi connectivity index (χ0v) is 19.1. The van der Waals surface area contributed by atoms with Gasteiger partial charge >= 0.3 is 0 Å². The van der Waals surface area contributed by atoms with Gasteiger partial charge in [0.25, 0.3) is 0 Å². The van der Waals surface area contributed by atoms with Crippen LogP contribution < -0.4 is 0 Å². The van der Waals surface area contributed by atoms with Gasteiger partial charge in [-0.3, -0.25) is 0 Å². The van der Waals surface area contributed by atoms with E-state index < -0.39 is 18.3 Å². The first-order valence-electron chi connectivity index (χ1n) is 11.8. The van der Waals surface area contributed by atoms with Gasteiger partial charge in [0, 0.05) is 12.3 Å². The van der Waals surface area contributed by atoms with Crippen LogP contribution in [0, 0.1) is 24.7 Å². The van der Waals surface area contributed by atoms with E-state index in [2.05, 4.69) is 51.1 Å². The minimum atomic E-state index is -0.537. The highest BCUT2D eigenvalue weighted by Gasteiger charge is 2.39. The highest BCUT2D eigenvalue weighted by Crippen LogP contribution is 2.36. The molecule has 2 rings (SSSR count). The van der Waals surface area contributed by atoms with Gasteiger partial charge in [-0.15, -0.1) is 0 Å². The molecule has 0 heterocycles. The fraction of sp³-hybridized carbons (Fsp3) is 0.630. The molecule has 5 atom stereocenters. The summed E-state index contributed by atoms with van der Waals surface area (Å²) in [6, 6.07) is 8.36. The Hall–Kier alpha value is -1.42. The molecule has 0 aliphatic heterocycles. The highest BCUT2D eigenvalue weighted by atomic mass is 16.3. The van der Waals surface area contributed by atoms with E-state index >= 15 is 0 Å². The summed E-state index contributed by atoms with van der Waals surface area (Å²) in [5.41, 5.74) is 2.46. The van der Waals surface area contributed by atoms with Crippen molar-refractivity contribution in [3.8, 4) is 0 Å². The van der Waals surface area contributed by atoms with Crippen molar-refractivity contribution in [1.29, 1.82) is 0 Å². The predicted octanol–water partition coefficient (Wildman–Crippen LogP) is 5.37. The molecule has 0 bridgehead atoms. The summed E-state index contributed by atoms with van der Waals surface area (Å²) in [4.78, 5) is 0. The van der Waals surface area contributed by atoms with E-state index in [4.69, 9.17) is 0 Å². The van der Waals surface area contributed by atoms with E-state index in [1.54, 1.807) is 0 Å². The number of aryl methyl sites for hydroxylation is 2. The van der Waals surface area contributed by atoms with E-state index in [1.807, 2.05) is 18.2 Å². The van der Waals surface area contributed by atoms with Gasteiger partial charge in [-0.1, -0.05) is 80.8 Å². The molecule has 1 fully saturated rings. The zero-order chi connectivity index (χ0) is 21.9. The maximum atomic E-state index is 10.4. The van der Waals surface area contributed by atoms with Gasteiger partial charge in [0.1, 0.15) is 0 Å². The molecule has 0 saturated heterocycles. The first kappa shape index (κ1) is 24.8. The second-order valence-electron chi connectivity index (χ2n) is 9.48. The first-order valence-corrected chi connectivity index (χ1v) is 11.8. The van der Waals surface area contributed by atoms with E-state index in [0.717, 1.165) is 25.2 Å². The van der Waals surface area contributed by atoms with E-state index in [1.165, 1.54) is 30.4 Å². The Morgan fingerprint density at radius 1 is 1.07 bits per heavy atom. The van der Waals surface area contributed by atoms with E-state index in [9.17, 15) is 15.3 Å². The van der Waals surface area contributed by atoms with Gasteiger partial charge in [0.2, 0.25) is 0 Å². The van der Waals surface area contributed by atoms with Crippen molar-refractivity contribution < 1.29 is 15.3 Å². The second kappa shape index (κ2) is 13.1. The predicted molar refractivity (Wildman–Crippen MR) is 125 cm³/mol. The third-order valence-corrected chi connectivity index (χ3v) is 6.26. The molecule has 0 amide bonds. The van der Waals surface area contributed by atoms with Crippen LogP contribution in [0.2, 0.25) is 0 Å². The molecule has 3 nitrogen and oxygen atoms in total. The molecule has 3 heteroatoms. The lowest BCUT2D eigenvalue weighted by atomic mass is 9.89. The number of benzene rings is 1. The van der Waals surface area contributed by atoms with Crippen LogP contribution in [0.3, 0.4) is 0 Å². The molecule has 168 valence electrons. The fourth-order valence-electron chi connectivity index (χ4n) is 4.43. The van der Waals surface area contributed by atoms with Crippen LogP contribution in [0.5, 0.6) is 0 Å². The normalized spacial score (nSPS) is 25.7. The number of aliphatic hydroxyl groups is 3. The summed E-state index contributed by atoms with van der Waals surface area (Å²) in [5.74, 6) is 0.690. The number of rotatable bonds is 12. The van der Waals surface area contributed by atoms with Crippen LogP contribution in [-0.2, 0) is 6.42 Å². The topological polar surface area (TPSA) is 60.7 Å². The molecule has 1 aromatic carbocycles. The number of aliphatic hydroxyl groups excluding tert-OH is 3. The molecular formula is C27H42O3. The van der Waals surface area contributed by atoms with Crippen molar-refractivity contribution >= 4 is 0 Å². The maximum absolute atomic E-state index is 10.4. The minimum Gasteiger partial charge on any atom is -0.393 e. The van der Waals surface area contributed by atoms with Crippen molar-refractivity contribution in [2.45, 2.75) is 90.4 Å². The number of allylic oxidation sites excluding steroid dienone is 2. The Morgan fingerprint density at radius 2 is 1.87 bits per heavy atom. The number of hydrogen-bond donors (Lipinski definition) is 3. The summed E-state index contributed by atoms with van der Waals surface area (Å²) in [5, 5.41) is 31.1. The third kappa shape index (κ3) is 8.75. The fourth-order valence-corrected chi connectivity index (χ4v) is 4.43. The molecule has 1 saturated carbocycles. The quantitative estimate of drug-likeness (QED) is 0.318. The Bertz CT molecular complexity index is 664. The lowest BCUT2D eigenvalue weighted by Crippen LogP contribution is -2.20. The molecule has 1 aromatic rings. The van der Waals surface area contributed by atoms with E-state index in [0.29, 0.717) is 12.8 Å². The molecule has 0 spiro atoms. The Labute approximate surface area is 183 Å². The highest BCUT2D eigenvalue weighted by molar-refractivity contribution is 5.22. The Kier molecular flexibility index (Phi) is 10.8. The van der Waals surface area contributed by atoms with Crippen LogP contribution >= 0.6 is 0 Å². The van der Waals surface area contributed by atoms with Gasteiger partial charge < -0.3 is 15.3 Å². The number of unbranched alkanes of at least 4 members (excludes halogenated alkanes) is 2. The monoisotopic (exact) mass is 414 g/mol. The molecule has 0 unspecified atom stereocenters. The standard InChI is InChI=1S/C27H42O3/c1-20(2)10-7-5-4-6-8-13-24-25(27(30)19-26(24)29)17-16-23(28)15-14-22-12-9-11-21(3)18-22/h6,8-9,11-12,16-18,20,23-30H,4-5,7,10,13-15,19H2,1-3H3/b8-6-,17-16+/t23-,24+,25+,26-,27+/m0/s1. The Balaban J connectivity index is 1.79. The Morgan fingerprint density at radius 3 is 2.60 bits per heavy atom. The first-order chi connectivity index (χ1) is 14.4. The van der Waals surface area contributed by atoms with Crippen LogP contribution in [0.1, 0.15) is 69.9 Å². The summed E-state index contributed by atoms with van der Waals surface area (Å²) < 4.78 is 0. The van der Waals surface area contributed by atoms with Crippen molar-refractivity contribution in [3.05, 3.63) is 59.7 Å². The van der Waals surface area contributed by atoms with Gasteiger partial charge in [-0.2, -0.15) is 0 Å². The van der Waals surface area contributed by atoms with Crippen LogP contribution in [0.25, 0.3) is 0 Å². The van der Waals surface area contributed by atoms with Gasteiger partial charge in [0.05, 0.1) is 18.3 Å². The van der Waals surface area contributed by atoms with Crippen molar-refractivity contribution in [2.24, 2.45) is 17.8 Å². The van der Waals surface area contributed by atoms with Gasteiger partial charge in [0.15, 0.2) is 0 Å². The van der Waals surface area contributed by atoms with Crippen LogP contribution in [-0.4, -0.2) is 33.6 Å². The average molecular weight is 415 g/mol. The third-order valence-electron chi connectivity index (χ3n) is 6.26. The summed E-state index contributed by atoms with van der Waals surface area (Å²) in [7, 11) is 0. The molecule has 1 aliphatic carbocycles. The number of hydrogen-bond acceptors (Lipinski definition) is 3. The van der Waals surface area contributed by atoms with Gasteiger partial charge in [-0.25, -0.2) is 0 Å². The summed E-state index contributed by atoms with van der Waals surface area (Å²) in [6.45, 7) is 6.60. The van der Waals surface area contributed by atoms with Crippen molar-refractivity contribution in [2.75, 3.05) is 0 Å². The van der Waals surface area contributed by atoms with Crippen LogP contribution in [0.4, 0.5) is 0 Å². The smallest absolute Gasteiger partial charge is 0.0724 e. The maximum Gasteiger partial charge on any atom is 0.0724 e. The average Bonchev–Trinajstić information content (AvgIpc) is 2.96. The molecule has 30 heavy (non-hydrogen) atoms. The lowest BCUT2D eigenvalue weighted by Gasteiger charge is -2.19. The molecule has 3 N–H and O–H groups in total. The SMILES string of the molecule is Cc1cccc(CC[C@H](O)/C=C/[C@@H]2[C@@H](C/C=C\CCCCC(C)C)[C@@H](O)C[C@H]2O)c1. The van der Waals surface area contributed by atoms with E-state index in [-0.39, 0.29) is 11.8 Å². The summed E-state index contributed by atoms with van der Waals surface area (Å²) >= 11 is 0. The molecule has 1 aliphatic rings. The van der Waals surface area contributed by atoms with Crippen molar-refractivity contribution in [1.82, 2.24) is 0 Å². The molecule has 0 radical (unpaired) electrons. The minimum absolute atomic E-state index is 0.0205. The van der Waals surface area contributed by atoms with Crippen LogP contribution in [0.15, 0.2) is 48.6 Å². The summed E-state index contributed by atoms with van der Waals surface area (Å²) in [6.07, 6.45) is 14.1. The molecular weight excluding hydrogens is 372 g/mol. The second-order valence-corrected chi connectivity index (χ2v) is 9.48. The van der Waals surface area contributed by atoms with Gasteiger partial charge in [-0.05, 0) is 56.4 Å². The largest absolute Gasteiger partial charge is 0.393 e. The zero-order valence-electron chi connectivity index (χ0n) is 19.1.